The minimum atomic E-state index is -0.151. The topological polar surface area (TPSA) is 18.5 Å². The van der Waals surface area contributed by atoms with E-state index in [1.165, 1.54) is 18.5 Å². The molecule has 1 aromatic carbocycles. The van der Waals surface area contributed by atoms with Gasteiger partial charge in [-0.1, -0.05) is 12.1 Å². The van der Waals surface area contributed by atoms with Gasteiger partial charge >= 0.3 is 0 Å². The van der Waals surface area contributed by atoms with Gasteiger partial charge in [-0.15, -0.1) is 0 Å². The lowest BCUT2D eigenvalue weighted by molar-refractivity contribution is 0.0981. The molecule has 2 heterocycles. The summed E-state index contributed by atoms with van der Waals surface area (Å²) in [4.78, 5) is 5.08. The standard InChI is InChI=1S/C15H22FN3/c16-14-3-1-13(2-4-14)12-18-7-9-19(10-8-18)15-5-6-17-11-15/h1-4,15,17H,5-12H2. The Hall–Kier alpha value is -0.970. The highest BCUT2D eigenvalue weighted by Crippen LogP contribution is 2.14. The lowest BCUT2D eigenvalue weighted by Gasteiger charge is -2.37. The van der Waals surface area contributed by atoms with Crippen LogP contribution in [0.4, 0.5) is 4.39 Å². The number of hydrogen-bond acceptors (Lipinski definition) is 3. The second-order valence-electron chi connectivity index (χ2n) is 5.59. The fourth-order valence-electron chi connectivity index (χ4n) is 3.09. The van der Waals surface area contributed by atoms with Gasteiger partial charge in [0.25, 0.3) is 0 Å². The summed E-state index contributed by atoms with van der Waals surface area (Å²) in [5, 5.41) is 3.44. The van der Waals surface area contributed by atoms with Crippen molar-refractivity contribution >= 4 is 0 Å². The molecule has 0 aliphatic carbocycles. The van der Waals surface area contributed by atoms with Crippen molar-refractivity contribution in [1.29, 1.82) is 0 Å². The first-order valence-corrected chi connectivity index (χ1v) is 7.23. The predicted octanol–water partition coefficient (Wildman–Crippen LogP) is 1.31. The molecular formula is C15H22FN3. The van der Waals surface area contributed by atoms with Gasteiger partial charge in [0.2, 0.25) is 0 Å². The monoisotopic (exact) mass is 263 g/mol. The molecule has 3 rings (SSSR count). The summed E-state index contributed by atoms with van der Waals surface area (Å²) < 4.78 is 12.9. The zero-order chi connectivity index (χ0) is 13.1. The van der Waals surface area contributed by atoms with E-state index in [-0.39, 0.29) is 5.82 Å². The van der Waals surface area contributed by atoms with Gasteiger partial charge in [0.15, 0.2) is 0 Å². The zero-order valence-electron chi connectivity index (χ0n) is 11.3. The molecule has 2 fully saturated rings. The van der Waals surface area contributed by atoms with Crippen LogP contribution >= 0.6 is 0 Å². The third-order valence-electron chi connectivity index (χ3n) is 4.28. The van der Waals surface area contributed by atoms with Crippen LogP contribution in [0, 0.1) is 5.82 Å². The van der Waals surface area contributed by atoms with Crippen molar-refractivity contribution in [3.63, 3.8) is 0 Å². The lowest BCUT2D eigenvalue weighted by atomic mass is 10.1. The summed E-state index contributed by atoms with van der Waals surface area (Å²) in [6.45, 7) is 7.82. The van der Waals surface area contributed by atoms with Crippen LogP contribution in [0.1, 0.15) is 12.0 Å². The minimum absolute atomic E-state index is 0.151. The highest BCUT2D eigenvalue weighted by molar-refractivity contribution is 5.16. The largest absolute Gasteiger partial charge is 0.315 e. The molecule has 2 aliphatic rings. The number of piperazine rings is 1. The van der Waals surface area contributed by atoms with Crippen molar-refractivity contribution in [2.75, 3.05) is 39.3 Å². The Morgan fingerprint density at radius 2 is 1.84 bits per heavy atom. The van der Waals surface area contributed by atoms with Gasteiger partial charge < -0.3 is 5.32 Å². The molecule has 1 aromatic rings. The molecule has 2 aliphatic heterocycles. The van der Waals surface area contributed by atoms with E-state index in [0.717, 1.165) is 45.3 Å². The van der Waals surface area contributed by atoms with Gasteiger partial charge in [-0.3, -0.25) is 9.80 Å². The first-order valence-electron chi connectivity index (χ1n) is 7.23. The summed E-state index contributed by atoms with van der Waals surface area (Å²) in [5.41, 5.74) is 1.21. The molecule has 0 amide bonds. The molecule has 104 valence electrons. The molecule has 4 heteroatoms. The fourth-order valence-corrected chi connectivity index (χ4v) is 3.09. The summed E-state index contributed by atoms with van der Waals surface area (Å²) in [5.74, 6) is -0.151. The van der Waals surface area contributed by atoms with E-state index in [9.17, 15) is 4.39 Å². The number of halogens is 1. The molecule has 2 saturated heterocycles. The molecule has 0 radical (unpaired) electrons. The van der Waals surface area contributed by atoms with Crippen LogP contribution in [0.5, 0.6) is 0 Å². The Labute approximate surface area is 114 Å². The van der Waals surface area contributed by atoms with E-state index in [1.807, 2.05) is 12.1 Å². The first kappa shape index (κ1) is 13.0. The normalized spacial score (nSPS) is 25.8. The summed E-state index contributed by atoms with van der Waals surface area (Å²) in [6.07, 6.45) is 1.29. The van der Waals surface area contributed by atoms with Crippen LogP contribution in [-0.2, 0) is 6.54 Å². The average Bonchev–Trinajstić information content (AvgIpc) is 2.96. The van der Waals surface area contributed by atoms with Gasteiger partial charge in [-0.05, 0) is 30.7 Å². The number of nitrogens with zero attached hydrogens (tertiary/aromatic N) is 2. The van der Waals surface area contributed by atoms with Crippen LogP contribution in [-0.4, -0.2) is 55.1 Å². The second kappa shape index (κ2) is 5.99. The maximum absolute atomic E-state index is 12.9. The number of rotatable bonds is 3. The Kier molecular flexibility index (Phi) is 4.11. The van der Waals surface area contributed by atoms with Crippen LogP contribution in [0.2, 0.25) is 0 Å². The summed E-state index contributed by atoms with van der Waals surface area (Å²) >= 11 is 0. The molecule has 1 atom stereocenters. The van der Waals surface area contributed by atoms with Crippen molar-refractivity contribution < 1.29 is 4.39 Å². The van der Waals surface area contributed by atoms with Gasteiger partial charge in [-0.25, -0.2) is 4.39 Å². The molecule has 1 unspecified atom stereocenters. The van der Waals surface area contributed by atoms with Crippen molar-refractivity contribution in [3.8, 4) is 0 Å². The van der Waals surface area contributed by atoms with E-state index in [0.29, 0.717) is 0 Å². The van der Waals surface area contributed by atoms with E-state index >= 15 is 0 Å². The Bertz CT molecular complexity index is 392. The highest BCUT2D eigenvalue weighted by Gasteiger charge is 2.25. The average molecular weight is 263 g/mol. The molecular weight excluding hydrogens is 241 g/mol. The van der Waals surface area contributed by atoms with Crippen molar-refractivity contribution in [3.05, 3.63) is 35.6 Å². The van der Waals surface area contributed by atoms with Gasteiger partial charge in [0.1, 0.15) is 5.82 Å². The SMILES string of the molecule is Fc1ccc(CN2CCN(C3CCNC3)CC2)cc1. The van der Waals surface area contributed by atoms with Gasteiger partial charge in [0.05, 0.1) is 0 Å². The van der Waals surface area contributed by atoms with E-state index in [4.69, 9.17) is 0 Å². The van der Waals surface area contributed by atoms with E-state index in [1.54, 1.807) is 12.1 Å². The third-order valence-corrected chi connectivity index (χ3v) is 4.28. The lowest BCUT2D eigenvalue weighted by Crippen LogP contribution is -2.50. The third kappa shape index (κ3) is 3.32. The minimum Gasteiger partial charge on any atom is -0.315 e. The van der Waals surface area contributed by atoms with Crippen molar-refractivity contribution in [1.82, 2.24) is 15.1 Å². The van der Waals surface area contributed by atoms with Gasteiger partial charge in [0, 0.05) is 45.3 Å². The Morgan fingerprint density at radius 1 is 1.11 bits per heavy atom. The van der Waals surface area contributed by atoms with Crippen molar-refractivity contribution in [2.45, 2.75) is 19.0 Å². The van der Waals surface area contributed by atoms with Crippen molar-refractivity contribution in [2.24, 2.45) is 0 Å². The molecule has 3 nitrogen and oxygen atoms in total. The Balaban J connectivity index is 1.48. The number of benzene rings is 1. The maximum Gasteiger partial charge on any atom is 0.123 e. The maximum atomic E-state index is 12.9. The van der Waals surface area contributed by atoms with Gasteiger partial charge in [-0.2, -0.15) is 0 Å². The summed E-state index contributed by atoms with van der Waals surface area (Å²) in [7, 11) is 0. The first-order chi connectivity index (χ1) is 9.31. The molecule has 19 heavy (non-hydrogen) atoms. The molecule has 1 N–H and O–H groups in total. The quantitative estimate of drug-likeness (QED) is 0.887. The van der Waals surface area contributed by atoms with Crippen LogP contribution in [0.3, 0.4) is 0 Å². The predicted molar refractivity (Wildman–Crippen MR) is 74.5 cm³/mol. The zero-order valence-corrected chi connectivity index (χ0v) is 11.3. The molecule has 0 saturated carbocycles. The van der Waals surface area contributed by atoms with Crippen LogP contribution in [0.15, 0.2) is 24.3 Å². The van der Waals surface area contributed by atoms with Crippen LogP contribution < -0.4 is 5.32 Å². The number of nitrogens with one attached hydrogen (secondary N) is 1. The fraction of sp³-hybridized carbons (Fsp3) is 0.600. The molecule has 0 aromatic heterocycles. The van der Waals surface area contributed by atoms with Crippen LogP contribution in [0.25, 0.3) is 0 Å². The highest BCUT2D eigenvalue weighted by atomic mass is 19.1. The van der Waals surface area contributed by atoms with E-state index in [2.05, 4.69) is 15.1 Å². The van der Waals surface area contributed by atoms with E-state index < -0.39 is 0 Å². The second-order valence-corrected chi connectivity index (χ2v) is 5.59. The molecule has 0 spiro atoms. The molecule has 0 bridgehead atoms. The number of hydrogen-bond donors (Lipinski definition) is 1. The smallest absolute Gasteiger partial charge is 0.123 e. The summed E-state index contributed by atoms with van der Waals surface area (Å²) in [6, 6.07) is 7.63. The Morgan fingerprint density at radius 3 is 2.47 bits per heavy atom.